The molecule has 1 amide bonds. The Bertz CT molecular complexity index is 1250. The lowest BCUT2D eigenvalue weighted by atomic mass is 10.1. The van der Waals surface area contributed by atoms with E-state index in [2.05, 4.69) is 14.9 Å². The molecule has 0 unspecified atom stereocenters. The third-order valence-corrected chi connectivity index (χ3v) is 6.42. The SMILES string of the molecule is Cn1c(=O)cc(C(=O)N2CCN(c3nc4cccnc4s3)CC2)c2ccccc21. The molecule has 4 heterocycles. The highest BCUT2D eigenvalue weighted by Gasteiger charge is 2.25. The molecule has 29 heavy (non-hydrogen) atoms. The summed E-state index contributed by atoms with van der Waals surface area (Å²) < 4.78 is 1.57. The lowest BCUT2D eigenvalue weighted by molar-refractivity contribution is 0.0748. The van der Waals surface area contributed by atoms with Gasteiger partial charge in [0.2, 0.25) is 0 Å². The third-order valence-electron chi connectivity index (χ3n) is 5.38. The number of nitrogens with zero attached hydrogens (tertiary/aromatic N) is 5. The molecule has 0 spiro atoms. The molecule has 0 radical (unpaired) electrons. The van der Waals surface area contributed by atoms with Gasteiger partial charge in [-0.15, -0.1) is 0 Å². The van der Waals surface area contributed by atoms with Crippen molar-refractivity contribution >= 4 is 43.6 Å². The van der Waals surface area contributed by atoms with E-state index in [1.165, 1.54) is 6.07 Å². The van der Waals surface area contributed by atoms with E-state index in [4.69, 9.17) is 0 Å². The second-order valence-electron chi connectivity index (χ2n) is 7.08. The number of aryl methyl sites for hydroxylation is 1. The minimum Gasteiger partial charge on any atom is -0.344 e. The summed E-state index contributed by atoms with van der Waals surface area (Å²) in [4.78, 5) is 39.5. The zero-order chi connectivity index (χ0) is 20.0. The Morgan fingerprint density at radius 1 is 1.07 bits per heavy atom. The van der Waals surface area contributed by atoms with Gasteiger partial charge in [-0.1, -0.05) is 29.5 Å². The number of carbonyl (C=O) groups excluding carboxylic acids is 1. The molecule has 1 aliphatic rings. The van der Waals surface area contributed by atoms with E-state index in [-0.39, 0.29) is 11.5 Å². The van der Waals surface area contributed by atoms with Gasteiger partial charge in [0.25, 0.3) is 11.5 Å². The number of carbonyl (C=O) groups is 1. The molecule has 4 aromatic rings. The van der Waals surface area contributed by atoms with E-state index in [9.17, 15) is 9.59 Å². The molecule has 1 saturated heterocycles. The number of fused-ring (bicyclic) bond motifs is 2. The monoisotopic (exact) mass is 405 g/mol. The van der Waals surface area contributed by atoms with Crippen molar-refractivity contribution < 1.29 is 4.79 Å². The molecule has 8 heteroatoms. The first-order chi connectivity index (χ1) is 14.1. The van der Waals surface area contributed by atoms with E-state index >= 15 is 0 Å². The Hall–Kier alpha value is -3.26. The number of anilines is 1. The first-order valence-corrected chi connectivity index (χ1v) is 10.3. The standard InChI is InChI=1S/C21H19N5O2S/c1-24-17-7-3-2-5-14(17)15(13-18(24)27)20(28)25-9-11-26(12-10-25)21-23-16-6-4-8-22-19(16)29-21/h2-8,13H,9-12H2,1H3. The molecule has 5 rings (SSSR count). The van der Waals surface area contributed by atoms with Crippen LogP contribution in [-0.2, 0) is 7.05 Å². The number of hydrogen-bond donors (Lipinski definition) is 0. The van der Waals surface area contributed by atoms with Crippen molar-refractivity contribution in [1.29, 1.82) is 0 Å². The summed E-state index contributed by atoms with van der Waals surface area (Å²) >= 11 is 1.57. The van der Waals surface area contributed by atoms with Crippen molar-refractivity contribution in [2.45, 2.75) is 0 Å². The van der Waals surface area contributed by atoms with E-state index in [1.54, 1.807) is 29.1 Å². The lowest BCUT2D eigenvalue weighted by Gasteiger charge is -2.34. The van der Waals surface area contributed by atoms with E-state index in [1.807, 2.05) is 41.3 Å². The maximum atomic E-state index is 13.2. The fraction of sp³-hybridized carbons (Fsp3) is 0.238. The average Bonchev–Trinajstić information content (AvgIpc) is 3.20. The molecule has 1 aliphatic heterocycles. The number of piperazine rings is 1. The molecular weight excluding hydrogens is 386 g/mol. The Morgan fingerprint density at radius 3 is 2.66 bits per heavy atom. The van der Waals surface area contributed by atoms with Crippen molar-refractivity contribution in [3.05, 3.63) is 64.6 Å². The van der Waals surface area contributed by atoms with Crippen molar-refractivity contribution in [3.63, 3.8) is 0 Å². The highest BCUT2D eigenvalue weighted by atomic mass is 32.1. The predicted octanol–water partition coefficient (Wildman–Crippen LogP) is 2.51. The first-order valence-electron chi connectivity index (χ1n) is 9.46. The fourth-order valence-corrected chi connectivity index (χ4v) is 4.71. The van der Waals surface area contributed by atoms with Crippen LogP contribution < -0.4 is 10.5 Å². The summed E-state index contributed by atoms with van der Waals surface area (Å²) in [6.07, 6.45) is 1.77. The second kappa shape index (κ2) is 6.97. The molecule has 1 aromatic carbocycles. The average molecular weight is 405 g/mol. The van der Waals surface area contributed by atoms with Gasteiger partial charge >= 0.3 is 0 Å². The molecule has 1 fully saturated rings. The molecular formula is C21H19N5O2S. The van der Waals surface area contributed by atoms with Crippen LogP contribution in [0.5, 0.6) is 0 Å². The zero-order valence-corrected chi connectivity index (χ0v) is 16.7. The summed E-state index contributed by atoms with van der Waals surface area (Å²) in [5.74, 6) is -0.0930. The lowest BCUT2D eigenvalue weighted by Crippen LogP contribution is -2.49. The van der Waals surface area contributed by atoms with Crippen LogP contribution in [0, 0.1) is 0 Å². The van der Waals surface area contributed by atoms with Crippen LogP contribution in [0.2, 0.25) is 0 Å². The molecule has 0 aliphatic carbocycles. The van der Waals surface area contributed by atoms with Gasteiger partial charge in [0.1, 0.15) is 10.3 Å². The van der Waals surface area contributed by atoms with Crippen LogP contribution in [-0.4, -0.2) is 51.5 Å². The number of rotatable bonds is 2. The van der Waals surface area contributed by atoms with Crippen LogP contribution in [0.1, 0.15) is 10.4 Å². The maximum Gasteiger partial charge on any atom is 0.254 e. The number of amides is 1. The maximum absolute atomic E-state index is 13.2. The summed E-state index contributed by atoms with van der Waals surface area (Å²) in [6.45, 7) is 2.58. The quantitative estimate of drug-likeness (QED) is 0.512. The van der Waals surface area contributed by atoms with Gasteiger partial charge in [-0.3, -0.25) is 9.59 Å². The van der Waals surface area contributed by atoms with E-state index < -0.39 is 0 Å². The van der Waals surface area contributed by atoms with Crippen LogP contribution in [0.4, 0.5) is 5.13 Å². The smallest absolute Gasteiger partial charge is 0.254 e. The molecule has 7 nitrogen and oxygen atoms in total. The number of aromatic nitrogens is 3. The zero-order valence-electron chi connectivity index (χ0n) is 15.9. The number of thiazole rings is 1. The van der Waals surface area contributed by atoms with Crippen LogP contribution in [0.15, 0.2) is 53.5 Å². The predicted molar refractivity (Wildman–Crippen MR) is 115 cm³/mol. The van der Waals surface area contributed by atoms with Gasteiger partial charge in [-0.2, -0.15) is 0 Å². The number of para-hydroxylation sites is 1. The summed E-state index contributed by atoms with van der Waals surface area (Å²) in [5, 5.41) is 1.74. The minimum absolute atomic E-state index is 0.0930. The normalized spacial score (nSPS) is 14.7. The van der Waals surface area contributed by atoms with Crippen LogP contribution in [0.3, 0.4) is 0 Å². The molecule has 0 atom stereocenters. The fourth-order valence-electron chi connectivity index (χ4n) is 3.75. The molecule has 0 bridgehead atoms. The highest BCUT2D eigenvalue weighted by molar-refractivity contribution is 7.21. The first kappa shape index (κ1) is 17.8. The van der Waals surface area contributed by atoms with Gasteiger partial charge in [-0.25, -0.2) is 9.97 Å². The number of pyridine rings is 2. The Labute approximate surface area is 170 Å². The topological polar surface area (TPSA) is 71.3 Å². The Morgan fingerprint density at radius 2 is 1.86 bits per heavy atom. The third kappa shape index (κ3) is 3.05. The second-order valence-corrected chi connectivity index (χ2v) is 8.03. The summed E-state index contributed by atoms with van der Waals surface area (Å²) in [5.41, 5.74) is 1.97. The molecule has 3 aromatic heterocycles. The van der Waals surface area contributed by atoms with Crippen LogP contribution >= 0.6 is 11.3 Å². The Kier molecular flexibility index (Phi) is 4.28. The summed E-state index contributed by atoms with van der Waals surface area (Å²) in [7, 11) is 1.73. The molecule has 0 N–H and O–H groups in total. The van der Waals surface area contributed by atoms with E-state index in [0.29, 0.717) is 31.7 Å². The van der Waals surface area contributed by atoms with Gasteiger partial charge in [0.15, 0.2) is 5.13 Å². The van der Waals surface area contributed by atoms with Crippen molar-refractivity contribution in [2.75, 3.05) is 31.1 Å². The van der Waals surface area contributed by atoms with Gasteiger partial charge in [0, 0.05) is 50.9 Å². The number of hydrogen-bond acceptors (Lipinski definition) is 6. The van der Waals surface area contributed by atoms with Crippen molar-refractivity contribution in [3.8, 4) is 0 Å². The number of benzene rings is 1. The van der Waals surface area contributed by atoms with Gasteiger partial charge in [0.05, 0.1) is 11.1 Å². The van der Waals surface area contributed by atoms with E-state index in [0.717, 1.165) is 26.4 Å². The van der Waals surface area contributed by atoms with Gasteiger partial charge < -0.3 is 14.4 Å². The van der Waals surface area contributed by atoms with Crippen molar-refractivity contribution in [1.82, 2.24) is 19.4 Å². The largest absolute Gasteiger partial charge is 0.344 e. The molecule has 0 saturated carbocycles. The van der Waals surface area contributed by atoms with Crippen molar-refractivity contribution in [2.24, 2.45) is 7.05 Å². The Balaban J connectivity index is 1.38. The summed E-state index contributed by atoms with van der Waals surface area (Å²) in [6, 6.07) is 12.8. The minimum atomic E-state index is -0.173. The van der Waals surface area contributed by atoms with Gasteiger partial charge in [-0.05, 0) is 18.2 Å². The molecule has 146 valence electrons. The van der Waals surface area contributed by atoms with Crippen LogP contribution in [0.25, 0.3) is 21.3 Å². The highest BCUT2D eigenvalue weighted by Crippen LogP contribution is 2.28.